The molecule has 0 nitrogen and oxygen atoms in total. The van der Waals surface area contributed by atoms with Gasteiger partial charge in [0.1, 0.15) is 8.07 Å². The second-order valence-electron chi connectivity index (χ2n) is 9.81. The molecule has 1 heteroatoms. The van der Waals surface area contributed by atoms with Crippen LogP contribution in [0.4, 0.5) is 0 Å². The third kappa shape index (κ3) is 2.81. The highest BCUT2D eigenvalue weighted by Crippen LogP contribution is 2.37. The molecule has 25 heavy (non-hydrogen) atoms. The minimum atomic E-state index is -1.59. The number of hydrogen-bond acceptors (Lipinski definition) is 0. The van der Waals surface area contributed by atoms with Crippen LogP contribution in [0.1, 0.15) is 66.5 Å². The molecule has 0 saturated carbocycles. The molecule has 1 heterocycles. The van der Waals surface area contributed by atoms with Crippen LogP contribution >= 0.6 is 0 Å². The maximum Gasteiger partial charge on any atom is 0.119 e. The van der Waals surface area contributed by atoms with Crippen molar-refractivity contribution in [2.45, 2.75) is 78.3 Å². The molecule has 0 unspecified atom stereocenters. The molecule has 0 aliphatic carbocycles. The Bertz CT molecular complexity index is 730. The first-order valence-corrected chi connectivity index (χ1v) is 12.3. The van der Waals surface area contributed by atoms with E-state index in [9.17, 15) is 0 Å². The van der Waals surface area contributed by atoms with Gasteiger partial charge in [-0.05, 0) is 43.5 Å². The Morgan fingerprint density at radius 2 is 1.00 bits per heavy atom. The molecule has 2 aromatic rings. The normalized spacial score (nSPS) is 15.8. The van der Waals surface area contributed by atoms with Crippen molar-refractivity contribution >= 4 is 18.4 Å². The van der Waals surface area contributed by atoms with Crippen molar-refractivity contribution in [3.8, 4) is 11.1 Å². The lowest BCUT2D eigenvalue weighted by Gasteiger charge is -2.28. The molecular formula is C24H34Si. The fraction of sp³-hybridized carbons (Fsp3) is 0.500. The van der Waals surface area contributed by atoms with Crippen LogP contribution in [0.15, 0.2) is 36.4 Å². The van der Waals surface area contributed by atoms with Crippen molar-refractivity contribution in [3.63, 3.8) is 0 Å². The molecule has 0 N–H and O–H groups in total. The predicted octanol–water partition coefficient (Wildman–Crippen LogP) is 5.86. The number of rotatable bonds is 2. The first-order valence-electron chi connectivity index (χ1n) is 9.85. The van der Waals surface area contributed by atoms with Gasteiger partial charge in [0.15, 0.2) is 0 Å². The Kier molecular flexibility index (Phi) is 4.31. The first kappa shape index (κ1) is 18.4. The van der Waals surface area contributed by atoms with Crippen molar-refractivity contribution in [1.29, 1.82) is 0 Å². The van der Waals surface area contributed by atoms with Crippen molar-refractivity contribution in [1.82, 2.24) is 0 Å². The minimum Gasteiger partial charge on any atom is -0.0672 e. The molecular weight excluding hydrogens is 316 g/mol. The van der Waals surface area contributed by atoms with Gasteiger partial charge in [0.05, 0.1) is 0 Å². The standard InChI is InChI=1S/C24H34Si/c1-9-25(10-2)21-13-11-17(23(3,4)5)15-19(21)20-16-18(24(6,7)8)12-14-22(20)25/h11-16H,9-10H2,1-8H3. The SMILES string of the molecule is CC[Si]1(CC)c2ccc(C(C)(C)C)cc2-c2cc(C(C)(C)C)ccc21. The average Bonchev–Trinajstić information content (AvgIpc) is 2.82. The van der Waals surface area contributed by atoms with Gasteiger partial charge in [-0.25, -0.2) is 0 Å². The van der Waals surface area contributed by atoms with Crippen LogP contribution < -0.4 is 10.4 Å². The lowest BCUT2D eigenvalue weighted by molar-refractivity contribution is 0.589. The lowest BCUT2D eigenvalue weighted by atomic mass is 9.83. The van der Waals surface area contributed by atoms with E-state index in [1.807, 2.05) is 0 Å². The summed E-state index contributed by atoms with van der Waals surface area (Å²) in [7, 11) is -1.59. The second-order valence-corrected chi connectivity index (χ2v) is 14.5. The summed E-state index contributed by atoms with van der Waals surface area (Å²) in [5.41, 5.74) is 6.36. The Hall–Kier alpha value is -1.34. The molecule has 134 valence electrons. The molecule has 3 rings (SSSR count). The number of benzene rings is 2. The predicted molar refractivity (Wildman–Crippen MR) is 115 cm³/mol. The van der Waals surface area contributed by atoms with Gasteiger partial charge in [-0.2, -0.15) is 0 Å². The van der Waals surface area contributed by atoms with Gasteiger partial charge >= 0.3 is 0 Å². The summed E-state index contributed by atoms with van der Waals surface area (Å²) >= 11 is 0. The summed E-state index contributed by atoms with van der Waals surface area (Å²) in [6.07, 6.45) is 0. The largest absolute Gasteiger partial charge is 0.119 e. The molecule has 0 bridgehead atoms. The van der Waals surface area contributed by atoms with Gasteiger partial charge in [0, 0.05) is 0 Å². The highest BCUT2D eigenvalue weighted by molar-refractivity contribution is 7.05. The fourth-order valence-corrected chi connectivity index (χ4v) is 9.02. The zero-order valence-corrected chi connectivity index (χ0v) is 18.4. The Morgan fingerprint density at radius 3 is 1.28 bits per heavy atom. The molecule has 0 amide bonds. The maximum absolute atomic E-state index is 2.50. The minimum absolute atomic E-state index is 0.196. The van der Waals surface area contributed by atoms with Crippen molar-refractivity contribution < 1.29 is 0 Å². The van der Waals surface area contributed by atoms with E-state index in [0.29, 0.717) is 0 Å². The highest BCUT2D eigenvalue weighted by Gasteiger charge is 2.43. The van der Waals surface area contributed by atoms with E-state index in [-0.39, 0.29) is 10.8 Å². The van der Waals surface area contributed by atoms with E-state index in [4.69, 9.17) is 0 Å². The second kappa shape index (κ2) is 5.84. The van der Waals surface area contributed by atoms with E-state index in [1.54, 1.807) is 10.4 Å². The smallest absolute Gasteiger partial charge is 0.0672 e. The van der Waals surface area contributed by atoms with E-state index >= 15 is 0 Å². The Morgan fingerprint density at radius 1 is 0.640 bits per heavy atom. The van der Waals surface area contributed by atoms with Gasteiger partial charge in [-0.15, -0.1) is 0 Å². The first-order chi connectivity index (χ1) is 11.5. The monoisotopic (exact) mass is 350 g/mol. The molecule has 1 aliphatic heterocycles. The molecule has 0 fully saturated rings. The third-order valence-electron chi connectivity index (χ3n) is 6.30. The van der Waals surface area contributed by atoms with E-state index in [0.717, 1.165) is 0 Å². The lowest BCUT2D eigenvalue weighted by Crippen LogP contribution is -2.54. The summed E-state index contributed by atoms with van der Waals surface area (Å²) in [5.74, 6) is 0. The van der Waals surface area contributed by atoms with Gasteiger partial charge in [-0.3, -0.25) is 0 Å². The van der Waals surface area contributed by atoms with Gasteiger partial charge in [0.25, 0.3) is 0 Å². The summed E-state index contributed by atoms with van der Waals surface area (Å²) in [4.78, 5) is 0. The van der Waals surface area contributed by atoms with Crippen LogP contribution in [0.2, 0.25) is 12.1 Å². The van der Waals surface area contributed by atoms with Crippen molar-refractivity contribution in [2.24, 2.45) is 0 Å². The van der Waals surface area contributed by atoms with Crippen LogP contribution in [0, 0.1) is 0 Å². The van der Waals surface area contributed by atoms with Crippen LogP contribution in [-0.2, 0) is 10.8 Å². The molecule has 0 spiro atoms. The quantitative estimate of drug-likeness (QED) is 0.595. The summed E-state index contributed by atoms with van der Waals surface area (Å²) < 4.78 is 0. The van der Waals surface area contributed by atoms with Crippen LogP contribution in [0.25, 0.3) is 11.1 Å². The molecule has 0 radical (unpaired) electrons. The topological polar surface area (TPSA) is 0 Å². The maximum atomic E-state index is 2.50. The highest BCUT2D eigenvalue weighted by atomic mass is 28.3. The third-order valence-corrected chi connectivity index (χ3v) is 11.6. The van der Waals surface area contributed by atoms with Gasteiger partial charge in [-0.1, -0.05) is 104 Å². The zero-order valence-electron chi connectivity index (χ0n) is 17.4. The number of fused-ring (bicyclic) bond motifs is 3. The molecule has 2 aromatic carbocycles. The van der Waals surface area contributed by atoms with Crippen molar-refractivity contribution in [3.05, 3.63) is 47.5 Å². The summed E-state index contributed by atoms with van der Waals surface area (Å²) in [5, 5.41) is 3.35. The van der Waals surface area contributed by atoms with Crippen LogP contribution in [-0.4, -0.2) is 8.07 Å². The molecule has 0 atom stereocenters. The van der Waals surface area contributed by atoms with E-state index in [2.05, 4.69) is 91.8 Å². The van der Waals surface area contributed by atoms with Crippen LogP contribution in [0.5, 0.6) is 0 Å². The number of hydrogen-bond donors (Lipinski definition) is 0. The summed E-state index contributed by atoms with van der Waals surface area (Å²) in [6.45, 7) is 18.7. The zero-order chi connectivity index (χ0) is 18.6. The molecule has 1 aliphatic rings. The van der Waals surface area contributed by atoms with Crippen LogP contribution in [0.3, 0.4) is 0 Å². The Balaban J connectivity index is 2.33. The summed E-state index contributed by atoms with van der Waals surface area (Å²) in [6, 6.07) is 17.3. The fourth-order valence-electron chi connectivity index (χ4n) is 4.46. The van der Waals surface area contributed by atoms with Gasteiger partial charge < -0.3 is 0 Å². The van der Waals surface area contributed by atoms with E-state index < -0.39 is 8.07 Å². The van der Waals surface area contributed by atoms with E-state index in [1.165, 1.54) is 34.3 Å². The molecule has 0 aromatic heterocycles. The van der Waals surface area contributed by atoms with Gasteiger partial charge in [0.2, 0.25) is 0 Å². The molecule has 0 saturated heterocycles. The Labute approximate surface area is 155 Å². The van der Waals surface area contributed by atoms with Crippen molar-refractivity contribution in [2.75, 3.05) is 0 Å². The average molecular weight is 351 g/mol.